The van der Waals surface area contributed by atoms with Gasteiger partial charge in [0.15, 0.2) is 0 Å². The third-order valence-electron chi connectivity index (χ3n) is 5.60. The van der Waals surface area contributed by atoms with E-state index in [2.05, 4.69) is 62.0 Å². The van der Waals surface area contributed by atoms with Gasteiger partial charge in [-0.3, -0.25) is 4.79 Å². The monoisotopic (exact) mass is 680 g/mol. The molecule has 0 atom stereocenters. The van der Waals surface area contributed by atoms with Crippen LogP contribution in [-0.4, -0.2) is 18.5 Å². The first-order valence-corrected chi connectivity index (χ1v) is 13.6. The van der Waals surface area contributed by atoms with E-state index in [9.17, 15) is 14.9 Å². The number of hydrogen-bond donors (Lipinski definition) is 1. The fourth-order valence-corrected chi connectivity index (χ4v) is 5.56. The largest absolute Gasteiger partial charge is 0.487 e. The third kappa shape index (κ3) is 6.60. The summed E-state index contributed by atoms with van der Waals surface area (Å²) in [4.78, 5) is 24.5. The molecule has 1 amide bonds. The number of hydrogen-bond acceptors (Lipinski definition) is 5. The van der Waals surface area contributed by atoms with Crippen molar-refractivity contribution in [2.75, 3.05) is 11.9 Å². The summed E-state index contributed by atoms with van der Waals surface area (Å²) in [6.45, 7) is 2.40. The molecule has 0 saturated carbocycles. The molecule has 8 heteroatoms. The second-order valence-corrected chi connectivity index (χ2v) is 10.2. The zero-order chi connectivity index (χ0) is 27.1. The van der Waals surface area contributed by atoms with Crippen molar-refractivity contribution in [1.29, 1.82) is 5.26 Å². The molecule has 4 rings (SSSR count). The van der Waals surface area contributed by atoms with Crippen LogP contribution in [0.25, 0.3) is 16.8 Å². The van der Waals surface area contributed by atoms with Crippen LogP contribution in [-0.2, 0) is 16.1 Å². The van der Waals surface area contributed by atoms with Crippen molar-refractivity contribution in [1.82, 2.24) is 0 Å². The lowest BCUT2D eigenvalue weighted by molar-refractivity contribution is -0.112. The minimum absolute atomic E-state index is 0.0633. The highest BCUT2D eigenvalue weighted by atomic mass is 127. The van der Waals surface area contributed by atoms with Crippen LogP contribution in [0.15, 0.2) is 88.9 Å². The molecule has 4 aromatic carbocycles. The summed E-state index contributed by atoms with van der Waals surface area (Å²) in [6, 6.07) is 26.2. The minimum atomic E-state index is -0.557. The van der Waals surface area contributed by atoms with Crippen LogP contribution in [0.3, 0.4) is 0 Å². The van der Waals surface area contributed by atoms with Crippen LogP contribution in [0.1, 0.15) is 28.4 Å². The molecule has 0 aliphatic carbocycles. The summed E-state index contributed by atoms with van der Waals surface area (Å²) in [7, 11) is 0. The number of benzene rings is 4. The van der Waals surface area contributed by atoms with E-state index in [4.69, 9.17) is 9.47 Å². The molecule has 0 saturated heterocycles. The van der Waals surface area contributed by atoms with E-state index in [1.165, 1.54) is 6.08 Å². The van der Waals surface area contributed by atoms with Gasteiger partial charge in [0.25, 0.3) is 5.91 Å². The molecule has 0 heterocycles. The molecule has 0 fully saturated rings. The summed E-state index contributed by atoms with van der Waals surface area (Å²) in [5.41, 5.74) is 2.52. The number of halogens is 2. The van der Waals surface area contributed by atoms with Gasteiger partial charge in [-0.05, 0) is 110 Å². The molecule has 38 heavy (non-hydrogen) atoms. The van der Waals surface area contributed by atoms with E-state index in [-0.39, 0.29) is 12.2 Å². The maximum absolute atomic E-state index is 12.7. The van der Waals surface area contributed by atoms with Gasteiger partial charge in [-0.15, -0.1) is 0 Å². The average Bonchev–Trinajstić information content (AvgIpc) is 2.91. The van der Waals surface area contributed by atoms with E-state index >= 15 is 0 Å². The van der Waals surface area contributed by atoms with Crippen molar-refractivity contribution >= 4 is 72.9 Å². The number of nitrogens with one attached hydrogen (secondary N) is 1. The van der Waals surface area contributed by atoms with Crippen molar-refractivity contribution in [3.05, 3.63) is 109 Å². The third-order valence-corrected chi connectivity index (χ3v) is 6.99. The quantitative estimate of drug-likeness (QED) is 0.0901. The summed E-state index contributed by atoms with van der Waals surface area (Å²) >= 11 is 5.75. The molecular weight excluding hydrogens is 659 g/mol. The van der Waals surface area contributed by atoms with Gasteiger partial charge in [-0.2, -0.15) is 5.26 Å². The first-order valence-electron chi connectivity index (χ1n) is 11.7. The van der Waals surface area contributed by atoms with Crippen molar-refractivity contribution < 1.29 is 19.1 Å². The standard InChI is InChI=1S/C30H22BrIN2O4/c1-2-37-30(36)21-10-12-24(13-11-21)34-29(35)23(17-33)14-19-15-26(31)28(27(32)16-19)38-18-22-8-5-7-20-6-3-4-9-25(20)22/h3-16H,2,18H2,1H3,(H,34,35)/b23-14+. The molecule has 6 nitrogen and oxygen atoms in total. The maximum atomic E-state index is 12.7. The van der Waals surface area contributed by atoms with Gasteiger partial charge in [0.2, 0.25) is 0 Å². The number of esters is 1. The predicted octanol–water partition coefficient (Wildman–Crippen LogP) is 7.51. The highest BCUT2D eigenvalue weighted by Gasteiger charge is 2.14. The van der Waals surface area contributed by atoms with Gasteiger partial charge in [0, 0.05) is 5.69 Å². The van der Waals surface area contributed by atoms with Crippen molar-refractivity contribution in [2.24, 2.45) is 0 Å². The minimum Gasteiger partial charge on any atom is -0.487 e. The number of rotatable bonds is 8. The van der Waals surface area contributed by atoms with Crippen LogP contribution < -0.4 is 10.1 Å². The van der Waals surface area contributed by atoms with Gasteiger partial charge in [-0.25, -0.2) is 4.79 Å². The van der Waals surface area contributed by atoms with Crippen LogP contribution in [0.2, 0.25) is 0 Å². The number of nitriles is 1. The Morgan fingerprint density at radius 1 is 1.05 bits per heavy atom. The first kappa shape index (κ1) is 27.4. The van der Waals surface area contributed by atoms with Gasteiger partial charge < -0.3 is 14.8 Å². The lowest BCUT2D eigenvalue weighted by Gasteiger charge is -2.13. The Kier molecular flexibility index (Phi) is 9.15. The van der Waals surface area contributed by atoms with Crippen molar-refractivity contribution in [3.63, 3.8) is 0 Å². The summed E-state index contributed by atoms with van der Waals surface area (Å²) < 4.78 is 12.7. The van der Waals surface area contributed by atoms with Gasteiger partial charge in [0.1, 0.15) is 24.0 Å². The van der Waals surface area contributed by atoms with Crippen LogP contribution >= 0.6 is 38.5 Å². The highest BCUT2D eigenvalue weighted by molar-refractivity contribution is 14.1. The highest BCUT2D eigenvalue weighted by Crippen LogP contribution is 2.34. The molecule has 1 N–H and O–H groups in total. The van der Waals surface area contributed by atoms with E-state index < -0.39 is 11.9 Å². The molecule has 0 aliphatic heterocycles. The zero-order valence-electron chi connectivity index (χ0n) is 20.3. The maximum Gasteiger partial charge on any atom is 0.338 e. The fraction of sp³-hybridized carbons (Fsp3) is 0.100. The molecule has 0 aromatic heterocycles. The Labute approximate surface area is 242 Å². The van der Waals surface area contributed by atoms with Crippen LogP contribution in [0.5, 0.6) is 5.75 Å². The Balaban J connectivity index is 1.48. The number of carbonyl (C=O) groups excluding carboxylic acids is 2. The Morgan fingerprint density at radius 3 is 2.50 bits per heavy atom. The summed E-state index contributed by atoms with van der Waals surface area (Å²) in [5.74, 6) is -0.313. The Morgan fingerprint density at radius 2 is 1.79 bits per heavy atom. The molecule has 0 unspecified atom stereocenters. The number of fused-ring (bicyclic) bond motifs is 1. The Hall–Kier alpha value is -3.68. The second kappa shape index (κ2) is 12.7. The summed E-state index contributed by atoms with van der Waals surface area (Å²) in [6.07, 6.45) is 1.52. The SMILES string of the molecule is CCOC(=O)c1ccc(NC(=O)/C(C#N)=C/c2cc(Br)c(OCc3cccc4ccccc34)c(I)c2)cc1. The molecule has 190 valence electrons. The fourth-order valence-electron chi connectivity index (χ4n) is 3.79. The van der Waals surface area contributed by atoms with Crippen LogP contribution in [0, 0.1) is 14.9 Å². The molecule has 0 spiro atoms. The average molecular weight is 681 g/mol. The van der Waals surface area contributed by atoms with E-state index in [1.54, 1.807) is 37.3 Å². The number of anilines is 1. The molecule has 4 aromatic rings. The van der Waals surface area contributed by atoms with Gasteiger partial charge >= 0.3 is 5.97 Å². The lowest BCUT2D eigenvalue weighted by Crippen LogP contribution is -2.13. The predicted molar refractivity (Wildman–Crippen MR) is 160 cm³/mol. The van der Waals surface area contributed by atoms with Crippen molar-refractivity contribution in [2.45, 2.75) is 13.5 Å². The van der Waals surface area contributed by atoms with Crippen LogP contribution in [0.4, 0.5) is 5.69 Å². The normalized spacial score (nSPS) is 11.1. The van der Waals surface area contributed by atoms with Gasteiger partial charge in [0.05, 0.1) is 20.2 Å². The smallest absolute Gasteiger partial charge is 0.338 e. The molecule has 0 bridgehead atoms. The Bertz CT molecular complexity index is 1550. The number of nitrogens with zero attached hydrogens (tertiary/aromatic N) is 1. The van der Waals surface area contributed by atoms with E-state index in [0.717, 1.165) is 19.9 Å². The molecular formula is C30H22BrIN2O4. The topological polar surface area (TPSA) is 88.4 Å². The zero-order valence-corrected chi connectivity index (χ0v) is 24.1. The number of ether oxygens (including phenoxy) is 2. The number of carbonyl (C=O) groups is 2. The summed E-state index contributed by atoms with van der Waals surface area (Å²) in [5, 5.41) is 14.6. The van der Waals surface area contributed by atoms with Crippen molar-refractivity contribution in [3.8, 4) is 11.8 Å². The number of amides is 1. The molecule has 0 aliphatic rings. The van der Waals surface area contributed by atoms with E-state index in [0.29, 0.717) is 33.6 Å². The second-order valence-electron chi connectivity index (χ2n) is 8.16. The van der Waals surface area contributed by atoms with Gasteiger partial charge in [-0.1, -0.05) is 42.5 Å². The van der Waals surface area contributed by atoms with E-state index in [1.807, 2.05) is 36.4 Å². The molecule has 0 radical (unpaired) electrons. The lowest BCUT2D eigenvalue weighted by atomic mass is 10.1. The first-order chi connectivity index (χ1) is 18.4.